The highest BCUT2D eigenvalue weighted by Gasteiger charge is 2.30. The molecule has 40 heavy (non-hydrogen) atoms. The van der Waals surface area contributed by atoms with Crippen molar-refractivity contribution in [1.29, 1.82) is 0 Å². The third-order valence-corrected chi connectivity index (χ3v) is 6.23. The van der Waals surface area contributed by atoms with Gasteiger partial charge in [0.25, 0.3) is 5.91 Å². The molecule has 0 aliphatic rings. The van der Waals surface area contributed by atoms with Crippen LogP contribution in [0, 0.1) is 0 Å². The van der Waals surface area contributed by atoms with Crippen LogP contribution in [0.25, 0.3) is 22.1 Å². The van der Waals surface area contributed by atoms with Crippen LogP contribution in [0.4, 0.5) is 13.2 Å². The molecule has 0 saturated carbocycles. The number of hydrogen-bond acceptors (Lipinski definition) is 5. The number of benzene rings is 4. The molecule has 202 valence electrons. The molecular weight excluding hydrogens is 523 g/mol. The molecule has 5 aromatic rings. The normalized spacial score (nSPS) is 11.4. The second-order valence-electron chi connectivity index (χ2n) is 9.05. The first-order valence-electron chi connectivity index (χ1n) is 12.2. The average molecular weight is 546 g/mol. The molecule has 0 bridgehead atoms. The maximum atomic E-state index is 13.0. The van der Waals surface area contributed by atoms with Crippen LogP contribution in [0.15, 0.2) is 106 Å². The van der Waals surface area contributed by atoms with Crippen LogP contribution in [0.3, 0.4) is 0 Å². The van der Waals surface area contributed by atoms with E-state index in [1.54, 1.807) is 54.6 Å². The van der Waals surface area contributed by atoms with Crippen LogP contribution in [-0.2, 0) is 19.3 Å². The van der Waals surface area contributed by atoms with Crippen molar-refractivity contribution in [2.24, 2.45) is 0 Å². The summed E-state index contributed by atoms with van der Waals surface area (Å²) in [7, 11) is 0. The Bertz CT molecular complexity index is 1740. The zero-order chi connectivity index (χ0) is 28.3. The molecule has 0 radical (unpaired) electrons. The summed E-state index contributed by atoms with van der Waals surface area (Å²) in [5, 5.41) is 12.5. The average Bonchev–Trinajstić information content (AvgIpc) is 2.95. The van der Waals surface area contributed by atoms with Crippen LogP contribution >= 0.6 is 0 Å². The van der Waals surface area contributed by atoms with Crippen molar-refractivity contribution in [3.63, 3.8) is 0 Å². The lowest BCUT2D eigenvalue weighted by molar-refractivity contribution is -0.137. The second kappa shape index (κ2) is 11.0. The fourth-order valence-corrected chi connectivity index (χ4v) is 4.15. The summed E-state index contributed by atoms with van der Waals surface area (Å²) in [5.41, 5.74) is 1.69. The van der Waals surface area contributed by atoms with E-state index in [0.29, 0.717) is 44.5 Å². The van der Waals surface area contributed by atoms with Crippen molar-refractivity contribution in [3.05, 3.63) is 130 Å². The third kappa shape index (κ3) is 5.99. The van der Waals surface area contributed by atoms with E-state index in [-0.39, 0.29) is 24.3 Å². The van der Waals surface area contributed by atoms with Gasteiger partial charge in [0.1, 0.15) is 30.0 Å². The molecule has 9 heteroatoms. The van der Waals surface area contributed by atoms with Gasteiger partial charge in [-0.1, -0.05) is 36.4 Å². The molecule has 0 spiro atoms. The zero-order valence-corrected chi connectivity index (χ0v) is 20.9. The smallest absolute Gasteiger partial charge is 0.416 e. The van der Waals surface area contributed by atoms with E-state index >= 15 is 0 Å². The minimum Gasteiger partial charge on any atom is -0.508 e. The van der Waals surface area contributed by atoms with E-state index in [0.717, 1.165) is 12.1 Å². The van der Waals surface area contributed by atoms with Crippen LogP contribution in [0.5, 0.6) is 11.5 Å². The number of carbonyl (C=O) groups is 1. The van der Waals surface area contributed by atoms with E-state index in [4.69, 9.17) is 9.15 Å². The number of alkyl halides is 3. The van der Waals surface area contributed by atoms with E-state index in [1.807, 2.05) is 0 Å². The van der Waals surface area contributed by atoms with Gasteiger partial charge in [-0.25, -0.2) is 0 Å². The molecule has 0 unspecified atom stereocenters. The largest absolute Gasteiger partial charge is 0.508 e. The number of halogens is 3. The van der Waals surface area contributed by atoms with Crippen molar-refractivity contribution in [2.45, 2.75) is 19.3 Å². The maximum Gasteiger partial charge on any atom is 0.416 e. The predicted octanol–water partition coefficient (Wildman–Crippen LogP) is 6.69. The standard InChI is InChI=1S/C31H22F3NO5/c32-31(33,34)23-6-2-3-19(14-23)16-35-30(38)22-5-1-4-20(13-22)17-39-25-11-12-26-28(15-25)40-18-27(29(26)37)21-7-9-24(36)10-8-21/h1-15,18,36H,16-17H2,(H,35,38). The summed E-state index contributed by atoms with van der Waals surface area (Å²) in [4.78, 5) is 25.6. The topological polar surface area (TPSA) is 88.8 Å². The molecule has 0 aliphatic carbocycles. The van der Waals surface area contributed by atoms with Gasteiger partial charge in [0.15, 0.2) is 5.43 Å². The summed E-state index contributed by atoms with van der Waals surface area (Å²) in [5.74, 6) is 0.112. The van der Waals surface area contributed by atoms with Crippen LogP contribution in [0.2, 0.25) is 0 Å². The lowest BCUT2D eigenvalue weighted by atomic mass is 10.1. The lowest BCUT2D eigenvalue weighted by Crippen LogP contribution is -2.23. The number of phenolic OH excluding ortho intramolecular Hbond substituents is 1. The van der Waals surface area contributed by atoms with Gasteiger partial charge in [-0.05, 0) is 65.2 Å². The number of amides is 1. The first kappa shape index (κ1) is 26.6. The first-order chi connectivity index (χ1) is 19.2. The molecule has 6 nitrogen and oxygen atoms in total. The summed E-state index contributed by atoms with van der Waals surface area (Å²) >= 11 is 0. The first-order valence-corrected chi connectivity index (χ1v) is 12.2. The number of rotatable bonds is 7. The van der Waals surface area contributed by atoms with Crippen LogP contribution in [0.1, 0.15) is 27.0 Å². The van der Waals surface area contributed by atoms with Gasteiger partial charge in [-0.2, -0.15) is 13.2 Å². The van der Waals surface area contributed by atoms with Crippen molar-refractivity contribution in [1.82, 2.24) is 5.32 Å². The highest BCUT2D eigenvalue weighted by Crippen LogP contribution is 2.29. The zero-order valence-electron chi connectivity index (χ0n) is 20.9. The number of nitrogens with one attached hydrogen (secondary N) is 1. The molecule has 1 aromatic heterocycles. The van der Waals surface area contributed by atoms with E-state index < -0.39 is 17.6 Å². The molecule has 5 rings (SSSR count). The monoisotopic (exact) mass is 545 g/mol. The Kier molecular flexibility index (Phi) is 7.29. The van der Waals surface area contributed by atoms with Gasteiger partial charge < -0.3 is 19.6 Å². The molecule has 0 atom stereocenters. The van der Waals surface area contributed by atoms with Crippen molar-refractivity contribution in [3.8, 4) is 22.6 Å². The summed E-state index contributed by atoms with van der Waals surface area (Å²) in [6, 6.07) is 22.6. The molecule has 0 saturated heterocycles. The van der Waals surface area contributed by atoms with E-state index in [9.17, 15) is 27.9 Å². The molecule has 0 aliphatic heterocycles. The SMILES string of the molecule is O=C(NCc1cccc(C(F)(F)F)c1)c1cccc(COc2ccc3c(=O)c(-c4ccc(O)cc4)coc3c2)c1. The van der Waals surface area contributed by atoms with Gasteiger partial charge in [0, 0.05) is 18.2 Å². The van der Waals surface area contributed by atoms with Gasteiger partial charge in [0.05, 0.1) is 16.5 Å². The molecule has 1 amide bonds. The summed E-state index contributed by atoms with van der Waals surface area (Å²) in [6.45, 7) is 0.0658. The second-order valence-corrected chi connectivity index (χ2v) is 9.05. The number of carbonyl (C=O) groups excluding carboxylic acids is 1. The van der Waals surface area contributed by atoms with Crippen LogP contribution < -0.4 is 15.5 Å². The Hall–Kier alpha value is -5.05. The number of fused-ring (bicyclic) bond motifs is 1. The molecule has 4 aromatic carbocycles. The van der Waals surface area contributed by atoms with Gasteiger partial charge in [-0.15, -0.1) is 0 Å². The van der Waals surface area contributed by atoms with Crippen LogP contribution in [-0.4, -0.2) is 11.0 Å². The summed E-state index contributed by atoms with van der Waals surface area (Å²) < 4.78 is 50.3. The molecule has 2 N–H and O–H groups in total. The van der Waals surface area contributed by atoms with Gasteiger partial charge in [-0.3, -0.25) is 9.59 Å². The molecule has 0 fully saturated rings. The fraction of sp³-hybridized carbons (Fsp3) is 0.0968. The lowest BCUT2D eigenvalue weighted by Gasteiger charge is -2.11. The summed E-state index contributed by atoms with van der Waals surface area (Å²) in [6.07, 6.45) is -3.09. The molecular formula is C31H22F3NO5. The molecule has 1 heterocycles. The highest BCUT2D eigenvalue weighted by molar-refractivity contribution is 5.94. The predicted molar refractivity (Wildman–Crippen MR) is 143 cm³/mol. The fourth-order valence-electron chi connectivity index (χ4n) is 4.15. The van der Waals surface area contributed by atoms with Crippen molar-refractivity contribution in [2.75, 3.05) is 0 Å². The minimum atomic E-state index is -4.46. The van der Waals surface area contributed by atoms with Gasteiger partial charge >= 0.3 is 6.18 Å². The Morgan fingerprint density at radius 2 is 1.65 bits per heavy atom. The Labute approximate surface area is 226 Å². The quantitative estimate of drug-likeness (QED) is 0.238. The number of aromatic hydroxyl groups is 1. The Morgan fingerprint density at radius 3 is 2.42 bits per heavy atom. The number of hydrogen-bond donors (Lipinski definition) is 2. The van der Waals surface area contributed by atoms with Crippen molar-refractivity contribution >= 4 is 16.9 Å². The number of phenols is 1. The number of ether oxygens (including phenoxy) is 1. The van der Waals surface area contributed by atoms with Crippen molar-refractivity contribution < 1.29 is 32.2 Å². The highest BCUT2D eigenvalue weighted by atomic mass is 19.4. The van der Waals surface area contributed by atoms with Gasteiger partial charge in [0.2, 0.25) is 0 Å². The third-order valence-electron chi connectivity index (χ3n) is 6.23. The Morgan fingerprint density at radius 1 is 0.900 bits per heavy atom. The Balaban J connectivity index is 1.24. The minimum absolute atomic E-state index is 0.0553. The maximum absolute atomic E-state index is 13.0. The van der Waals surface area contributed by atoms with E-state index in [2.05, 4.69) is 5.32 Å². The van der Waals surface area contributed by atoms with E-state index in [1.165, 1.54) is 30.5 Å².